The lowest BCUT2D eigenvalue weighted by molar-refractivity contribution is 0.242. The zero-order chi connectivity index (χ0) is 21.0. The Balaban J connectivity index is 1.43. The van der Waals surface area contributed by atoms with Gasteiger partial charge in [-0.25, -0.2) is 4.98 Å². The molecule has 0 radical (unpaired) electrons. The van der Waals surface area contributed by atoms with Crippen molar-refractivity contribution in [2.45, 2.75) is 57.8 Å². The van der Waals surface area contributed by atoms with Gasteiger partial charge in [0.05, 0.1) is 5.69 Å². The Morgan fingerprint density at radius 3 is 2.63 bits per heavy atom. The number of benzene rings is 1. The number of aromatic nitrogens is 1. The largest absolute Gasteiger partial charge is 0.396 e. The molecule has 2 aliphatic rings. The van der Waals surface area contributed by atoms with E-state index in [4.69, 9.17) is 10.1 Å². The van der Waals surface area contributed by atoms with E-state index < -0.39 is 0 Å². The van der Waals surface area contributed by atoms with Gasteiger partial charge in [0.25, 0.3) is 0 Å². The van der Waals surface area contributed by atoms with Crippen molar-refractivity contribution in [3.8, 4) is 11.3 Å². The SMILES string of the molecule is CC1(C)CCCc2ccc(-c3cccc(N4CCN(CCCCCO)CC4)n3)cc21. The molecule has 1 aliphatic carbocycles. The molecule has 4 nitrogen and oxygen atoms in total. The second-order valence-electron chi connectivity index (χ2n) is 9.60. The lowest BCUT2D eigenvalue weighted by Gasteiger charge is -2.35. The maximum atomic E-state index is 8.93. The number of piperazine rings is 1. The number of rotatable bonds is 7. The summed E-state index contributed by atoms with van der Waals surface area (Å²) in [5, 5.41) is 8.93. The molecule has 0 saturated carbocycles. The van der Waals surface area contributed by atoms with Crippen LogP contribution in [0.4, 0.5) is 5.82 Å². The van der Waals surface area contributed by atoms with E-state index >= 15 is 0 Å². The molecule has 2 heterocycles. The molecule has 30 heavy (non-hydrogen) atoms. The molecule has 1 aliphatic heterocycles. The predicted octanol–water partition coefficient (Wildman–Crippen LogP) is 4.65. The third-order valence-corrected chi connectivity index (χ3v) is 6.95. The van der Waals surface area contributed by atoms with Crippen LogP contribution < -0.4 is 4.90 Å². The smallest absolute Gasteiger partial charge is 0.129 e. The molecule has 1 saturated heterocycles. The third-order valence-electron chi connectivity index (χ3n) is 6.95. The number of nitrogens with zero attached hydrogens (tertiary/aromatic N) is 3. The highest BCUT2D eigenvalue weighted by Crippen LogP contribution is 2.38. The van der Waals surface area contributed by atoms with Gasteiger partial charge in [0.1, 0.15) is 5.82 Å². The summed E-state index contributed by atoms with van der Waals surface area (Å²) >= 11 is 0. The van der Waals surface area contributed by atoms with E-state index in [0.29, 0.717) is 6.61 Å². The first-order valence-electron chi connectivity index (χ1n) is 11.8. The normalized spacial score (nSPS) is 19.0. The molecule has 162 valence electrons. The van der Waals surface area contributed by atoms with Gasteiger partial charge in [0.15, 0.2) is 0 Å². The summed E-state index contributed by atoms with van der Waals surface area (Å²) < 4.78 is 0. The summed E-state index contributed by atoms with van der Waals surface area (Å²) in [5.74, 6) is 1.10. The van der Waals surface area contributed by atoms with Crippen molar-refractivity contribution in [1.82, 2.24) is 9.88 Å². The molecular formula is C26H37N3O. The first-order chi connectivity index (χ1) is 14.6. The van der Waals surface area contributed by atoms with Crippen LogP contribution in [0.25, 0.3) is 11.3 Å². The number of aliphatic hydroxyl groups is 1. The monoisotopic (exact) mass is 407 g/mol. The highest BCUT2D eigenvalue weighted by molar-refractivity contribution is 5.64. The summed E-state index contributed by atoms with van der Waals surface area (Å²) in [6.07, 6.45) is 7.00. The van der Waals surface area contributed by atoms with Crippen LogP contribution >= 0.6 is 0 Å². The van der Waals surface area contributed by atoms with Crippen LogP contribution in [0.3, 0.4) is 0 Å². The fraction of sp³-hybridized carbons (Fsp3) is 0.577. The van der Waals surface area contributed by atoms with Crippen molar-refractivity contribution in [2.75, 3.05) is 44.2 Å². The Bertz CT molecular complexity index is 840. The van der Waals surface area contributed by atoms with Gasteiger partial charge in [-0.05, 0) is 79.8 Å². The molecule has 0 unspecified atom stereocenters. The maximum Gasteiger partial charge on any atom is 0.129 e. The first-order valence-corrected chi connectivity index (χ1v) is 11.8. The van der Waals surface area contributed by atoms with E-state index in [2.05, 4.69) is 60.0 Å². The molecule has 0 spiro atoms. The minimum absolute atomic E-state index is 0.259. The van der Waals surface area contributed by atoms with Crippen molar-refractivity contribution in [3.63, 3.8) is 0 Å². The fourth-order valence-electron chi connectivity index (χ4n) is 5.02. The number of aryl methyl sites for hydroxylation is 1. The van der Waals surface area contributed by atoms with Gasteiger partial charge >= 0.3 is 0 Å². The topological polar surface area (TPSA) is 39.6 Å². The lowest BCUT2D eigenvalue weighted by Crippen LogP contribution is -2.46. The number of hydrogen-bond donors (Lipinski definition) is 1. The van der Waals surface area contributed by atoms with Crippen LogP contribution in [0, 0.1) is 0 Å². The molecule has 1 aromatic heterocycles. The number of aliphatic hydroxyl groups excluding tert-OH is 1. The van der Waals surface area contributed by atoms with Crippen molar-refractivity contribution in [2.24, 2.45) is 0 Å². The second-order valence-corrected chi connectivity index (χ2v) is 9.60. The lowest BCUT2D eigenvalue weighted by atomic mass is 9.72. The highest BCUT2D eigenvalue weighted by Gasteiger charge is 2.27. The molecule has 1 N–H and O–H groups in total. The van der Waals surface area contributed by atoms with Gasteiger partial charge in [0.2, 0.25) is 0 Å². The third kappa shape index (κ3) is 4.87. The highest BCUT2D eigenvalue weighted by atomic mass is 16.2. The molecule has 4 rings (SSSR count). The molecule has 0 amide bonds. The molecule has 0 bridgehead atoms. The van der Waals surface area contributed by atoms with Crippen LogP contribution in [-0.4, -0.2) is 54.3 Å². The van der Waals surface area contributed by atoms with Gasteiger partial charge in [0, 0.05) is 38.3 Å². The van der Waals surface area contributed by atoms with Gasteiger partial charge in [-0.15, -0.1) is 0 Å². The number of pyridine rings is 1. The van der Waals surface area contributed by atoms with Crippen molar-refractivity contribution < 1.29 is 5.11 Å². The molecule has 2 aromatic rings. The van der Waals surface area contributed by atoms with E-state index in [1.807, 2.05) is 0 Å². The Hall–Kier alpha value is -1.91. The average molecular weight is 408 g/mol. The summed E-state index contributed by atoms with van der Waals surface area (Å²) in [5.41, 5.74) is 5.61. The van der Waals surface area contributed by atoms with Crippen molar-refractivity contribution in [1.29, 1.82) is 0 Å². The Morgan fingerprint density at radius 2 is 1.83 bits per heavy atom. The van der Waals surface area contributed by atoms with E-state index in [-0.39, 0.29) is 5.41 Å². The zero-order valence-electron chi connectivity index (χ0n) is 18.7. The van der Waals surface area contributed by atoms with Gasteiger partial charge < -0.3 is 10.0 Å². The van der Waals surface area contributed by atoms with Crippen LogP contribution in [0.2, 0.25) is 0 Å². The van der Waals surface area contributed by atoms with Crippen LogP contribution in [0.15, 0.2) is 36.4 Å². The minimum atomic E-state index is 0.259. The first kappa shape index (κ1) is 21.3. The van der Waals surface area contributed by atoms with Gasteiger partial charge in [-0.3, -0.25) is 4.90 Å². The van der Waals surface area contributed by atoms with Crippen LogP contribution in [-0.2, 0) is 11.8 Å². The Labute approximate surface area is 181 Å². The zero-order valence-corrected chi connectivity index (χ0v) is 18.7. The quantitative estimate of drug-likeness (QED) is 0.679. The average Bonchev–Trinajstić information content (AvgIpc) is 2.77. The molecule has 1 aromatic carbocycles. The molecular weight excluding hydrogens is 370 g/mol. The fourth-order valence-corrected chi connectivity index (χ4v) is 5.02. The predicted molar refractivity (Wildman–Crippen MR) is 125 cm³/mol. The Morgan fingerprint density at radius 1 is 1.00 bits per heavy atom. The van der Waals surface area contributed by atoms with Gasteiger partial charge in [-0.2, -0.15) is 0 Å². The van der Waals surface area contributed by atoms with Crippen molar-refractivity contribution >= 4 is 5.82 Å². The van der Waals surface area contributed by atoms with Gasteiger partial charge in [-0.1, -0.05) is 32.0 Å². The Kier molecular flexibility index (Phi) is 6.74. The number of fused-ring (bicyclic) bond motifs is 1. The molecule has 4 heteroatoms. The molecule has 0 atom stereocenters. The second kappa shape index (κ2) is 9.49. The maximum absolute atomic E-state index is 8.93. The van der Waals surface area contributed by atoms with E-state index in [0.717, 1.165) is 57.1 Å². The number of anilines is 1. The number of unbranched alkanes of at least 4 members (excludes halogenated alkanes) is 2. The van der Waals surface area contributed by atoms with Crippen LogP contribution in [0.1, 0.15) is 57.1 Å². The summed E-state index contributed by atoms with van der Waals surface area (Å²) in [4.78, 5) is 10.0. The van der Waals surface area contributed by atoms with E-state index in [9.17, 15) is 0 Å². The van der Waals surface area contributed by atoms with E-state index in [1.54, 1.807) is 0 Å². The summed E-state index contributed by atoms with van der Waals surface area (Å²) in [7, 11) is 0. The minimum Gasteiger partial charge on any atom is -0.396 e. The summed E-state index contributed by atoms with van der Waals surface area (Å²) in [6.45, 7) is 10.5. The standard InChI is InChI=1S/C26H37N3O/c1-26(2)13-7-8-21-11-12-22(20-23(21)26)24-9-6-10-25(27-24)29-17-15-28(16-18-29)14-4-3-5-19-30/h6,9-12,20,30H,3-5,7-8,13-19H2,1-2H3. The van der Waals surface area contributed by atoms with Crippen molar-refractivity contribution in [3.05, 3.63) is 47.5 Å². The van der Waals surface area contributed by atoms with Crippen LogP contribution in [0.5, 0.6) is 0 Å². The number of hydrogen-bond acceptors (Lipinski definition) is 4. The van der Waals surface area contributed by atoms with E-state index in [1.165, 1.54) is 42.4 Å². The molecule has 1 fully saturated rings. The summed E-state index contributed by atoms with van der Waals surface area (Å²) in [6, 6.07) is 13.4.